The number of allylic oxidation sites excluding steroid dienone is 8. The maximum atomic E-state index is 12.8. The summed E-state index contributed by atoms with van der Waals surface area (Å²) in [6, 6.07) is 34.9. The molecule has 2 aliphatic rings. The topological polar surface area (TPSA) is 0 Å². The van der Waals surface area contributed by atoms with Crippen LogP contribution in [0.4, 0.5) is 8.78 Å². The predicted octanol–water partition coefficient (Wildman–Crippen LogP) is 1.29. The molecule has 0 fully saturated rings. The zero-order valence-corrected chi connectivity index (χ0v) is 27.7. The molecule has 2 aliphatic carbocycles. The van der Waals surface area contributed by atoms with Crippen LogP contribution in [-0.2, 0) is 23.0 Å². The van der Waals surface area contributed by atoms with Crippen LogP contribution >= 0.6 is 0 Å². The van der Waals surface area contributed by atoms with Crippen molar-refractivity contribution in [2.75, 3.05) is 0 Å². The van der Waals surface area contributed by atoms with Gasteiger partial charge in [0, 0.05) is 0 Å². The Bertz CT molecular complexity index is 1380. The second-order valence-electron chi connectivity index (χ2n) is 8.52. The van der Waals surface area contributed by atoms with Crippen LogP contribution in [0.15, 0.2) is 133 Å². The maximum absolute atomic E-state index is 12.8. The molecule has 200 valence electrons. The molecule has 0 aliphatic heterocycles. The van der Waals surface area contributed by atoms with Crippen LogP contribution in [-0.4, -0.2) is 5.49 Å². The normalized spacial score (nSPS) is 12.4. The van der Waals surface area contributed by atoms with Crippen molar-refractivity contribution in [3.05, 3.63) is 168 Å². The molecular formula is C34H26Cl2F2HfSi-2. The number of hydrogen-bond acceptors (Lipinski definition) is 0. The van der Waals surface area contributed by atoms with Gasteiger partial charge in [0.05, 0.1) is 0 Å². The second-order valence-corrected chi connectivity index (χ2v) is 15.8. The number of hydrogen-bond donors (Lipinski definition) is 0. The molecule has 0 atom stereocenters. The van der Waals surface area contributed by atoms with Crippen molar-refractivity contribution < 1.29 is 56.6 Å². The van der Waals surface area contributed by atoms with Crippen LogP contribution in [0.25, 0.3) is 11.1 Å². The molecule has 40 heavy (non-hydrogen) atoms. The Morgan fingerprint density at radius 1 is 0.550 bits per heavy atom. The van der Waals surface area contributed by atoms with Gasteiger partial charge in [-0.1, -0.05) is 37.1 Å². The molecule has 0 radical (unpaired) electrons. The van der Waals surface area contributed by atoms with Gasteiger partial charge >= 0.3 is 99.5 Å². The molecule has 0 saturated carbocycles. The molecule has 0 unspecified atom stereocenters. The molecule has 6 heteroatoms. The van der Waals surface area contributed by atoms with Crippen LogP contribution in [0, 0.1) is 23.8 Å². The molecule has 6 rings (SSSR count). The third kappa shape index (κ3) is 10.4. The SMILES string of the molecule is Fc1cccc(C2=[C-]CC=C2)c1.Fc1cccc(C2=[C-]CC=C2)c1.[Cl-].[Cl-].[Hf+2]=[Si](c1ccccc1)c1ccccc1. The molecule has 0 bridgehead atoms. The first kappa shape index (κ1) is 33.6. The summed E-state index contributed by atoms with van der Waals surface area (Å²) in [5.41, 5.74) is 3.40. The van der Waals surface area contributed by atoms with Gasteiger partial charge in [0.2, 0.25) is 0 Å². The van der Waals surface area contributed by atoms with E-state index in [9.17, 15) is 8.78 Å². The van der Waals surface area contributed by atoms with Crippen molar-refractivity contribution in [1.29, 1.82) is 0 Å². The van der Waals surface area contributed by atoms with E-state index < -0.39 is 5.49 Å². The molecule has 4 aromatic carbocycles. The number of benzene rings is 4. The minimum atomic E-state index is -0.406. The van der Waals surface area contributed by atoms with Crippen molar-refractivity contribution in [1.82, 2.24) is 0 Å². The molecular weight excluding hydrogens is 724 g/mol. The third-order valence-electron chi connectivity index (χ3n) is 5.79. The summed E-state index contributed by atoms with van der Waals surface area (Å²) in [6.45, 7) is 0. The Labute approximate surface area is 263 Å². The third-order valence-corrected chi connectivity index (χ3v) is 13.8. The average Bonchev–Trinajstić information content (AvgIpc) is 3.70. The molecule has 0 aromatic heterocycles. The molecule has 0 spiro atoms. The molecule has 0 nitrogen and oxygen atoms in total. The molecule has 0 amide bonds. The molecule has 0 heterocycles. The monoisotopic (exact) mass is 750 g/mol. The standard InChI is InChI=1S/C12H10Si.2C11H8F.2ClH.Hf/c1-3-7-11(8-4-1)13-12-9-5-2-6-10-12;2*12-11-7-3-6-10(8-11)9-4-1-2-5-9;;;/h1-10H;2*1,3-4,6-8H,2H2;2*1H;/q;2*-1;;;+2/p-2. The summed E-state index contributed by atoms with van der Waals surface area (Å²) in [4.78, 5) is 0. The quantitative estimate of drug-likeness (QED) is 0.218. The minimum absolute atomic E-state index is 0. The second kappa shape index (κ2) is 17.9. The van der Waals surface area contributed by atoms with E-state index in [0.29, 0.717) is 0 Å². The Balaban J connectivity index is 0.000000206. The van der Waals surface area contributed by atoms with E-state index in [1.54, 1.807) is 12.1 Å². The molecule has 0 saturated heterocycles. The van der Waals surface area contributed by atoms with Gasteiger partial charge in [0.25, 0.3) is 0 Å². The Morgan fingerprint density at radius 2 is 0.950 bits per heavy atom. The predicted molar refractivity (Wildman–Crippen MR) is 152 cm³/mol. The van der Waals surface area contributed by atoms with E-state index in [4.69, 9.17) is 0 Å². The fourth-order valence-corrected chi connectivity index (χ4v) is 8.87. The van der Waals surface area contributed by atoms with E-state index in [1.807, 2.05) is 36.4 Å². The molecule has 0 N–H and O–H groups in total. The van der Waals surface area contributed by atoms with E-state index in [0.717, 1.165) is 35.1 Å². The summed E-state index contributed by atoms with van der Waals surface area (Å²) < 4.78 is 25.5. The zero-order chi connectivity index (χ0) is 26.6. The Hall–Kier alpha value is -2.63. The zero-order valence-electron chi connectivity index (χ0n) is 21.6. The van der Waals surface area contributed by atoms with Crippen molar-refractivity contribution in [3.63, 3.8) is 0 Å². The fourth-order valence-electron chi connectivity index (χ4n) is 3.89. The van der Waals surface area contributed by atoms with Gasteiger partial charge in [0.1, 0.15) is 11.6 Å². The van der Waals surface area contributed by atoms with Crippen molar-refractivity contribution in [3.8, 4) is 0 Å². The Kier molecular flexibility index (Phi) is 15.1. The Morgan fingerprint density at radius 3 is 1.27 bits per heavy atom. The summed E-state index contributed by atoms with van der Waals surface area (Å²) in [6.07, 6.45) is 15.9. The van der Waals surface area contributed by atoms with Crippen LogP contribution in [0.2, 0.25) is 0 Å². The number of rotatable bonds is 4. The first-order valence-corrected chi connectivity index (χ1v) is 19.2. The van der Waals surface area contributed by atoms with E-state index in [-0.39, 0.29) is 36.4 Å². The van der Waals surface area contributed by atoms with Crippen molar-refractivity contribution in [2.24, 2.45) is 0 Å². The van der Waals surface area contributed by atoms with Crippen LogP contribution in [0.1, 0.15) is 24.0 Å². The van der Waals surface area contributed by atoms with Gasteiger partial charge in [-0.2, -0.15) is 35.5 Å². The van der Waals surface area contributed by atoms with Gasteiger partial charge in [-0.3, -0.25) is 0 Å². The van der Waals surface area contributed by atoms with Gasteiger partial charge in [-0.25, -0.2) is 8.78 Å². The first-order chi connectivity index (χ1) is 18.6. The van der Waals surface area contributed by atoms with Gasteiger partial charge < -0.3 is 24.8 Å². The van der Waals surface area contributed by atoms with Crippen molar-refractivity contribution in [2.45, 2.75) is 12.8 Å². The van der Waals surface area contributed by atoms with Crippen LogP contribution < -0.4 is 35.2 Å². The van der Waals surface area contributed by atoms with Gasteiger partial charge in [-0.15, -0.1) is 35.4 Å². The fraction of sp³-hybridized carbons (Fsp3) is 0.0588. The van der Waals surface area contributed by atoms with Gasteiger partial charge in [0.15, 0.2) is 0 Å². The summed E-state index contributed by atoms with van der Waals surface area (Å²) in [5.74, 6) is -0.385. The van der Waals surface area contributed by atoms with Crippen molar-refractivity contribution >= 4 is 27.0 Å². The van der Waals surface area contributed by atoms with E-state index in [2.05, 4.69) is 72.8 Å². The van der Waals surface area contributed by atoms with E-state index >= 15 is 0 Å². The first-order valence-electron chi connectivity index (χ1n) is 12.4. The van der Waals surface area contributed by atoms with Crippen LogP contribution in [0.3, 0.4) is 0 Å². The van der Waals surface area contributed by atoms with E-state index in [1.165, 1.54) is 57.6 Å². The van der Waals surface area contributed by atoms with Crippen LogP contribution in [0.5, 0.6) is 0 Å². The van der Waals surface area contributed by atoms with Gasteiger partial charge in [-0.05, 0) is 12.1 Å². The summed E-state index contributed by atoms with van der Waals surface area (Å²) >= 11 is 1.27. The number of halogens is 4. The average molecular weight is 750 g/mol. The summed E-state index contributed by atoms with van der Waals surface area (Å²) in [7, 11) is 0. The summed E-state index contributed by atoms with van der Waals surface area (Å²) in [5, 5.41) is 3.07. The molecule has 4 aromatic rings.